The van der Waals surface area contributed by atoms with Gasteiger partial charge in [-0.05, 0) is 57.8 Å². The molecule has 0 aromatic heterocycles. The Kier molecular flexibility index (Phi) is 57.5. The van der Waals surface area contributed by atoms with Crippen molar-refractivity contribution in [1.29, 1.82) is 0 Å². The molecular formula is C63H121NO5. The highest BCUT2D eigenvalue weighted by molar-refractivity contribution is 5.76. The number of rotatable bonds is 58. The lowest BCUT2D eigenvalue weighted by atomic mass is 10.0. The maximum Gasteiger partial charge on any atom is 0.305 e. The first kappa shape index (κ1) is 67.3. The van der Waals surface area contributed by atoms with Crippen molar-refractivity contribution in [3.63, 3.8) is 0 Å². The molecule has 2 atom stereocenters. The Morgan fingerprint density at radius 3 is 1.03 bits per heavy atom. The van der Waals surface area contributed by atoms with Gasteiger partial charge in [0.05, 0.1) is 25.4 Å². The average molecular weight is 973 g/mol. The van der Waals surface area contributed by atoms with Crippen LogP contribution in [0.15, 0.2) is 24.3 Å². The summed E-state index contributed by atoms with van der Waals surface area (Å²) in [7, 11) is 0. The zero-order valence-corrected chi connectivity index (χ0v) is 46.6. The standard InChI is InChI=1S/C63H121NO5/c1-3-5-7-9-11-13-15-17-19-20-21-22-23-24-25-28-31-35-39-43-47-51-55-61(66)60(59-65)64-62(67)56-52-48-44-40-36-32-29-26-30-34-38-42-46-50-54-58-69-63(68)57-53-49-45-41-37-33-27-18-16-14-12-10-8-6-4-2/h30,34,51,55,60-61,65-66H,3-29,31-33,35-50,52-54,56-59H2,1-2H3,(H,64,67)/b34-30-,55-51+. The second-order valence-electron chi connectivity index (χ2n) is 21.4. The van der Waals surface area contributed by atoms with Crippen LogP contribution in [0.2, 0.25) is 0 Å². The second kappa shape index (κ2) is 58.9. The maximum absolute atomic E-state index is 12.5. The predicted molar refractivity (Wildman–Crippen MR) is 301 cm³/mol. The molecule has 0 aromatic rings. The van der Waals surface area contributed by atoms with E-state index in [1.807, 2.05) is 6.08 Å². The molecule has 2 unspecified atom stereocenters. The van der Waals surface area contributed by atoms with E-state index in [9.17, 15) is 19.8 Å². The van der Waals surface area contributed by atoms with Crippen molar-refractivity contribution in [2.75, 3.05) is 13.2 Å². The van der Waals surface area contributed by atoms with Crippen molar-refractivity contribution in [2.24, 2.45) is 0 Å². The van der Waals surface area contributed by atoms with Crippen LogP contribution in [0.25, 0.3) is 0 Å². The van der Waals surface area contributed by atoms with E-state index < -0.39 is 12.1 Å². The summed E-state index contributed by atoms with van der Waals surface area (Å²) in [5, 5.41) is 23.2. The van der Waals surface area contributed by atoms with Gasteiger partial charge in [-0.25, -0.2) is 0 Å². The van der Waals surface area contributed by atoms with Gasteiger partial charge in [0.15, 0.2) is 0 Å². The first-order valence-corrected chi connectivity index (χ1v) is 31.1. The molecule has 0 saturated heterocycles. The van der Waals surface area contributed by atoms with Gasteiger partial charge in [0.2, 0.25) is 5.91 Å². The summed E-state index contributed by atoms with van der Waals surface area (Å²) >= 11 is 0. The molecule has 0 rings (SSSR count). The maximum atomic E-state index is 12.5. The Labute approximate surface area is 431 Å². The van der Waals surface area contributed by atoms with E-state index in [-0.39, 0.29) is 18.5 Å². The summed E-state index contributed by atoms with van der Waals surface area (Å²) in [6.07, 6.45) is 72.1. The van der Waals surface area contributed by atoms with Gasteiger partial charge in [0, 0.05) is 12.8 Å². The normalized spacial score (nSPS) is 12.7. The number of aliphatic hydroxyl groups excluding tert-OH is 2. The lowest BCUT2D eigenvalue weighted by molar-refractivity contribution is -0.143. The fourth-order valence-corrected chi connectivity index (χ4v) is 9.69. The first-order valence-electron chi connectivity index (χ1n) is 31.1. The van der Waals surface area contributed by atoms with Crippen LogP contribution in [-0.4, -0.2) is 47.4 Å². The Balaban J connectivity index is 3.49. The number of aliphatic hydroxyl groups is 2. The fraction of sp³-hybridized carbons (Fsp3) is 0.905. The SMILES string of the molecule is CCCCCCCCCCCCCCCCCCCCCC/C=C/C(O)C(CO)NC(=O)CCCCCCCCC/C=C\CCCCCCOC(=O)CCCCCCCCCCCCCCCCC. The molecule has 3 N–H and O–H groups in total. The van der Waals surface area contributed by atoms with E-state index in [4.69, 9.17) is 4.74 Å². The lowest BCUT2D eigenvalue weighted by Crippen LogP contribution is -2.45. The number of carbonyl (C=O) groups excluding carboxylic acids is 2. The van der Waals surface area contributed by atoms with Gasteiger partial charge in [-0.1, -0.05) is 295 Å². The van der Waals surface area contributed by atoms with Crippen LogP contribution in [0.1, 0.15) is 341 Å². The Bertz CT molecular complexity index is 1080. The van der Waals surface area contributed by atoms with Gasteiger partial charge in [0.1, 0.15) is 0 Å². The Morgan fingerprint density at radius 2 is 0.681 bits per heavy atom. The van der Waals surface area contributed by atoms with Crippen molar-refractivity contribution >= 4 is 11.9 Å². The van der Waals surface area contributed by atoms with Crippen LogP contribution in [0.4, 0.5) is 0 Å². The molecule has 1 amide bonds. The Hall–Kier alpha value is -1.66. The number of unbranched alkanes of at least 4 members (excludes halogenated alkanes) is 45. The van der Waals surface area contributed by atoms with Gasteiger partial charge in [-0.2, -0.15) is 0 Å². The third kappa shape index (κ3) is 55.5. The minimum absolute atomic E-state index is 0.00766. The number of amides is 1. The van der Waals surface area contributed by atoms with Crippen molar-refractivity contribution < 1.29 is 24.5 Å². The fourth-order valence-electron chi connectivity index (χ4n) is 9.69. The molecule has 0 spiro atoms. The number of hydrogen-bond acceptors (Lipinski definition) is 5. The quantitative estimate of drug-likeness (QED) is 0.0321. The summed E-state index contributed by atoms with van der Waals surface area (Å²) in [5.74, 6) is -0.0875. The average Bonchev–Trinajstić information content (AvgIpc) is 3.35. The van der Waals surface area contributed by atoms with Crippen molar-refractivity contribution in [3.05, 3.63) is 24.3 Å². The molecular weight excluding hydrogens is 851 g/mol. The van der Waals surface area contributed by atoms with E-state index in [0.717, 1.165) is 70.6 Å². The third-order valence-corrected chi connectivity index (χ3v) is 14.5. The smallest absolute Gasteiger partial charge is 0.305 e. The summed E-state index contributed by atoms with van der Waals surface area (Å²) in [6, 6.07) is -0.640. The summed E-state index contributed by atoms with van der Waals surface area (Å²) in [5.41, 5.74) is 0. The van der Waals surface area contributed by atoms with Gasteiger partial charge in [-0.3, -0.25) is 9.59 Å². The zero-order valence-electron chi connectivity index (χ0n) is 46.6. The van der Waals surface area contributed by atoms with Gasteiger partial charge >= 0.3 is 5.97 Å². The van der Waals surface area contributed by atoms with Crippen molar-refractivity contribution in [1.82, 2.24) is 5.32 Å². The highest BCUT2D eigenvalue weighted by Gasteiger charge is 2.18. The molecule has 0 aromatic carbocycles. The first-order chi connectivity index (χ1) is 34.0. The molecule has 0 heterocycles. The van der Waals surface area contributed by atoms with E-state index in [2.05, 4.69) is 31.3 Å². The van der Waals surface area contributed by atoms with E-state index in [1.165, 1.54) is 244 Å². The number of hydrogen-bond donors (Lipinski definition) is 3. The lowest BCUT2D eigenvalue weighted by Gasteiger charge is -2.20. The van der Waals surface area contributed by atoms with Crippen LogP contribution in [0.3, 0.4) is 0 Å². The molecule has 0 aliphatic carbocycles. The van der Waals surface area contributed by atoms with Crippen LogP contribution >= 0.6 is 0 Å². The van der Waals surface area contributed by atoms with Crippen LogP contribution in [0, 0.1) is 0 Å². The summed E-state index contributed by atoms with van der Waals surface area (Å²) < 4.78 is 5.47. The molecule has 0 aliphatic rings. The van der Waals surface area contributed by atoms with E-state index in [1.54, 1.807) is 6.08 Å². The molecule has 0 aliphatic heterocycles. The number of allylic oxidation sites excluding steroid dienone is 3. The number of carbonyl (C=O) groups is 2. The minimum atomic E-state index is -0.855. The zero-order chi connectivity index (χ0) is 50.0. The molecule has 6 heteroatoms. The molecule has 69 heavy (non-hydrogen) atoms. The topological polar surface area (TPSA) is 95.9 Å². The van der Waals surface area contributed by atoms with Gasteiger partial charge in [0.25, 0.3) is 0 Å². The largest absolute Gasteiger partial charge is 0.466 e. The molecule has 0 radical (unpaired) electrons. The highest BCUT2D eigenvalue weighted by atomic mass is 16.5. The summed E-state index contributed by atoms with van der Waals surface area (Å²) in [4.78, 5) is 24.6. The minimum Gasteiger partial charge on any atom is -0.466 e. The van der Waals surface area contributed by atoms with Crippen LogP contribution < -0.4 is 5.32 Å². The molecule has 0 saturated carbocycles. The van der Waals surface area contributed by atoms with E-state index >= 15 is 0 Å². The van der Waals surface area contributed by atoms with Crippen LogP contribution in [-0.2, 0) is 14.3 Å². The van der Waals surface area contributed by atoms with Crippen LogP contribution in [0.5, 0.6) is 0 Å². The molecule has 0 bridgehead atoms. The van der Waals surface area contributed by atoms with Gasteiger partial charge in [-0.15, -0.1) is 0 Å². The second-order valence-corrected chi connectivity index (χ2v) is 21.4. The Morgan fingerprint density at radius 1 is 0.391 bits per heavy atom. The number of nitrogens with one attached hydrogen (secondary N) is 1. The summed E-state index contributed by atoms with van der Waals surface area (Å²) in [6.45, 7) is 4.90. The van der Waals surface area contributed by atoms with Gasteiger partial charge < -0.3 is 20.3 Å². The molecule has 6 nitrogen and oxygen atoms in total. The molecule has 408 valence electrons. The predicted octanol–water partition coefficient (Wildman–Crippen LogP) is 19.4. The van der Waals surface area contributed by atoms with E-state index in [0.29, 0.717) is 19.4 Å². The molecule has 0 fully saturated rings. The third-order valence-electron chi connectivity index (χ3n) is 14.5. The number of ether oxygens (including phenoxy) is 1. The number of esters is 1. The van der Waals surface area contributed by atoms with Crippen molar-refractivity contribution in [2.45, 2.75) is 353 Å². The monoisotopic (exact) mass is 972 g/mol. The van der Waals surface area contributed by atoms with Crippen molar-refractivity contribution in [3.8, 4) is 0 Å². The highest BCUT2D eigenvalue weighted by Crippen LogP contribution is 2.17.